The number of hydrogen-bond acceptors (Lipinski definition) is 3. The second kappa shape index (κ2) is 5.40. The first-order valence-electron chi connectivity index (χ1n) is 3.58. The molecule has 0 saturated carbocycles. The van der Waals surface area contributed by atoms with Crippen molar-refractivity contribution in [2.75, 3.05) is 14.2 Å². The van der Waals surface area contributed by atoms with Crippen molar-refractivity contribution >= 4 is 20.2 Å². The molecular formula is C8H10ClO3P. The maximum absolute atomic E-state index is 5.76. The van der Waals surface area contributed by atoms with E-state index in [0.717, 1.165) is 0 Å². The molecule has 0 spiro atoms. The van der Waals surface area contributed by atoms with E-state index < -0.39 is 8.60 Å². The lowest BCUT2D eigenvalue weighted by molar-refractivity contribution is 0.277. The molecule has 0 saturated heterocycles. The molecule has 13 heavy (non-hydrogen) atoms. The lowest BCUT2D eigenvalue weighted by atomic mass is 10.3. The molecule has 0 N–H and O–H groups in total. The zero-order chi connectivity index (χ0) is 9.68. The van der Waals surface area contributed by atoms with Gasteiger partial charge in [-0.15, -0.1) is 0 Å². The molecule has 0 radical (unpaired) electrons. The fourth-order valence-corrected chi connectivity index (χ4v) is 1.52. The van der Waals surface area contributed by atoms with E-state index in [1.165, 1.54) is 14.2 Å². The lowest BCUT2D eigenvalue weighted by Gasteiger charge is -2.12. The van der Waals surface area contributed by atoms with Crippen LogP contribution in [-0.4, -0.2) is 14.2 Å². The topological polar surface area (TPSA) is 27.7 Å². The summed E-state index contributed by atoms with van der Waals surface area (Å²) in [4.78, 5) is 0. The van der Waals surface area contributed by atoms with Gasteiger partial charge in [-0.2, -0.15) is 0 Å². The van der Waals surface area contributed by atoms with E-state index in [-0.39, 0.29) is 0 Å². The van der Waals surface area contributed by atoms with Crippen molar-refractivity contribution in [1.82, 2.24) is 0 Å². The number of benzene rings is 1. The van der Waals surface area contributed by atoms with E-state index in [2.05, 4.69) is 0 Å². The highest BCUT2D eigenvalue weighted by atomic mass is 35.5. The molecule has 1 aromatic rings. The predicted octanol–water partition coefficient (Wildman–Crippen LogP) is 3.24. The van der Waals surface area contributed by atoms with Gasteiger partial charge in [0.2, 0.25) is 0 Å². The Morgan fingerprint density at radius 3 is 2.46 bits per heavy atom. The fourth-order valence-electron chi connectivity index (χ4n) is 0.759. The van der Waals surface area contributed by atoms with Gasteiger partial charge in [0.1, 0.15) is 5.75 Å². The maximum atomic E-state index is 5.76. The van der Waals surface area contributed by atoms with Gasteiger partial charge in [-0.1, -0.05) is 17.7 Å². The van der Waals surface area contributed by atoms with Gasteiger partial charge in [0, 0.05) is 19.2 Å². The fraction of sp³-hybridized carbons (Fsp3) is 0.250. The highest BCUT2D eigenvalue weighted by molar-refractivity contribution is 7.42. The standard InChI is InChI=1S/C8H10ClO3P/c1-10-13(11-2)12-8-5-3-4-7(9)6-8/h3-6H,1-2H3. The Morgan fingerprint density at radius 2 is 1.92 bits per heavy atom. The summed E-state index contributed by atoms with van der Waals surface area (Å²) in [6, 6.07) is 7.07. The van der Waals surface area contributed by atoms with Crippen LogP contribution in [0, 0.1) is 0 Å². The highest BCUT2D eigenvalue weighted by Crippen LogP contribution is 2.38. The largest absolute Gasteiger partial charge is 0.427 e. The number of halogens is 1. The molecule has 72 valence electrons. The summed E-state index contributed by atoms with van der Waals surface area (Å²) < 4.78 is 15.2. The van der Waals surface area contributed by atoms with E-state index in [0.29, 0.717) is 10.8 Å². The predicted molar refractivity (Wildman–Crippen MR) is 53.0 cm³/mol. The minimum atomic E-state index is -1.30. The molecule has 5 heteroatoms. The highest BCUT2D eigenvalue weighted by Gasteiger charge is 2.09. The molecule has 0 heterocycles. The molecule has 1 rings (SSSR count). The Balaban J connectivity index is 2.62. The van der Waals surface area contributed by atoms with Crippen molar-refractivity contribution in [3.8, 4) is 5.75 Å². The Bertz CT molecular complexity index is 265. The van der Waals surface area contributed by atoms with Gasteiger partial charge in [-0.3, -0.25) is 0 Å². The van der Waals surface area contributed by atoms with Gasteiger partial charge in [0.25, 0.3) is 0 Å². The molecule has 0 amide bonds. The van der Waals surface area contributed by atoms with Crippen LogP contribution in [0.15, 0.2) is 24.3 Å². The molecule has 0 unspecified atom stereocenters. The van der Waals surface area contributed by atoms with Gasteiger partial charge < -0.3 is 13.6 Å². The third-order valence-electron chi connectivity index (χ3n) is 1.27. The van der Waals surface area contributed by atoms with Crippen molar-refractivity contribution < 1.29 is 13.6 Å². The first kappa shape index (κ1) is 10.7. The average Bonchev–Trinajstić information content (AvgIpc) is 2.14. The quantitative estimate of drug-likeness (QED) is 0.729. The number of rotatable bonds is 4. The van der Waals surface area contributed by atoms with E-state index in [9.17, 15) is 0 Å². The zero-order valence-electron chi connectivity index (χ0n) is 7.36. The van der Waals surface area contributed by atoms with Crippen LogP contribution in [0.1, 0.15) is 0 Å². The van der Waals surface area contributed by atoms with Gasteiger partial charge in [0.15, 0.2) is 0 Å². The molecule has 0 bridgehead atoms. The molecule has 0 aromatic heterocycles. The van der Waals surface area contributed by atoms with Gasteiger partial charge in [0.05, 0.1) is 0 Å². The van der Waals surface area contributed by atoms with E-state index >= 15 is 0 Å². The van der Waals surface area contributed by atoms with Crippen molar-refractivity contribution in [3.63, 3.8) is 0 Å². The monoisotopic (exact) mass is 220 g/mol. The molecule has 0 aliphatic rings. The van der Waals surface area contributed by atoms with Crippen molar-refractivity contribution in [3.05, 3.63) is 29.3 Å². The van der Waals surface area contributed by atoms with E-state index in [1.54, 1.807) is 24.3 Å². The summed E-state index contributed by atoms with van der Waals surface area (Å²) in [6.45, 7) is 0. The summed E-state index contributed by atoms with van der Waals surface area (Å²) in [5.41, 5.74) is 0. The van der Waals surface area contributed by atoms with Crippen LogP contribution < -0.4 is 4.52 Å². The Morgan fingerprint density at radius 1 is 1.23 bits per heavy atom. The summed E-state index contributed by atoms with van der Waals surface area (Å²) in [5.74, 6) is 0.641. The first-order valence-corrected chi connectivity index (χ1v) is 5.05. The van der Waals surface area contributed by atoms with Gasteiger partial charge in [-0.05, 0) is 18.2 Å². The molecule has 0 fully saturated rings. The lowest BCUT2D eigenvalue weighted by Crippen LogP contribution is -1.91. The van der Waals surface area contributed by atoms with Crippen LogP contribution >= 0.6 is 20.2 Å². The van der Waals surface area contributed by atoms with E-state index in [4.69, 9.17) is 25.2 Å². The minimum Gasteiger partial charge on any atom is -0.427 e. The average molecular weight is 221 g/mol. The molecule has 0 atom stereocenters. The van der Waals surface area contributed by atoms with Crippen LogP contribution in [0.4, 0.5) is 0 Å². The normalized spacial score (nSPS) is 10.5. The SMILES string of the molecule is COP(OC)Oc1cccc(Cl)c1. The van der Waals surface area contributed by atoms with E-state index in [1.807, 2.05) is 0 Å². The number of hydrogen-bond donors (Lipinski definition) is 0. The second-order valence-corrected chi connectivity index (χ2v) is 3.93. The maximum Gasteiger partial charge on any atom is 0.396 e. The van der Waals surface area contributed by atoms with Crippen molar-refractivity contribution in [1.29, 1.82) is 0 Å². The molecular weight excluding hydrogens is 211 g/mol. The Hall–Kier alpha value is -0.340. The summed E-state index contributed by atoms with van der Waals surface area (Å²) >= 11 is 5.76. The summed E-state index contributed by atoms with van der Waals surface area (Å²) in [5, 5.41) is 0.625. The second-order valence-electron chi connectivity index (χ2n) is 2.14. The summed E-state index contributed by atoms with van der Waals surface area (Å²) in [6.07, 6.45) is 0. The first-order chi connectivity index (χ1) is 6.26. The van der Waals surface area contributed by atoms with Crippen LogP contribution in [0.3, 0.4) is 0 Å². The van der Waals surface area contributed by atoms with Gasteiger partial charge in [-0.25, -0.2) is 0 Å². The molecule has 0 aliphatic heterocycles. The van der Waals surface area contributed by atoms with Crippen molar-refractivity contribution in [2.45, 2.75) is 0 Å². The molecule has 3 nitrogen and oxygen atoms in total. The Labute approximate surface area is 83.6 Å². The van der Waals surface area contributed by atoms with Gasteiger partial charge >= 0.3 is 8.60 Å². The third kappa shape index (κ3) is 3.49. The van der Waals surface area contributed by atoms with Crippen molar-refractivity contribution in [2.24, 2.45) is 0 Å². The minimum absolute atomic E-state index is 0.625. The molecule has 0 aliphatic carbocycles. The molecule has 1 aromatic carbocycles. The smallest absolute Gasteiger partial charge is 0.396 e. The van der Waals surface area contributed by atoms with Crippen LogP contribution in [0.5, 0.6) is 5.75 Å². The van der Waals surface area contributed by atoms with Crippen LogP contribution in [-0.2, 0) is 9.05 Å². The third-order valence-corrected chi connectivity index (χ3v) is 2.47. The summed E-state index contributed by atoms with van der Waals surface area (Å²) in [7, 11) is 1.75. The van der Waals surface area contributed by atoms with Crippen LogP contribution in [0.2, 0.25) is 5.02 Å². The zero-order valence-corrected chi connectivity index (χ0v) is 9.01. The van der Waals surface area contributed by atoms with Crippen LogP contribution in [0.25, 0.3) is 0 Å². The Kier molecular flexibility index (Phi) is 4.46.